The van der Waals surface area contributed by atoms with Gasteiger partial charge in [0.05, 0.1) is 12.3 Å². The highest BCUT2D eigenvalue weighted by atomic mass is 32.2. The molecular weight excluding hydrogens is 390 g/mol. The SMILES string of the molecule is OC[C@@H](O)[C@@H](O)[C@H](O)[C@H]1N[C@@H](c2ccccc2)N=C2SC=C(c3ccccc3)N21. The maximum Gasteiger partial charge on any atom is 0.171 e. The Bertz CT molecular complexity index is 893. The van der Waals surface area contributed by atoms with E-state index in [1.165, 1.54) is 11.8 Å². The van der Waals surface area contributed by atoms with Crippen LogP contribution in [-0.4, -0.2) is 61.6 Å². The molecule has 5 atom stereocenters. The van der Waals surface area contributed by atoms with E-state index in [1.54, 1.807) is 0 Å². The summed E-state index contributed by atoms with van der Waals surface area (Å²) in [7, 11) is 0. The van der Waals surface area contributed by atoms with Gasteiger partial charge >= 0.3 is 0 Å². The Morgan fingerprint density at radius 1 is 1.00 bits per heavy atom. The topological polar surface area (TPSA) is 109 Å². The van der Waals surface area contributed by atoms with Crippen LogP contribution < -0.4 is 5.32 Å². The molecule has 2 heterocycles. The number of amidine groups is 1. The van der Waals surface area contributed by atoms with Gasteiger partial charge in [-0.05, 0) is 11.1 Å². The number of aliphatic hydroxyl groups is 4. The van der Waals surface area contributed by atoms with Gasteiger partial charge in [-0.3, -0.25) is 5.32 Å². The van der Waals surface area contributed by atoms with Crippen LogP contribution in [0.15, 0.2) is 71.1 Å². The third-order valence-electron chi connectivity index (χ3n) is 5.03. The van der Waals surface area contributed by atoms with Gasteiger partial charge in [-0.25, -0.2) is 4.99 Å². The Morgan fingerprint density at radius 2 is 1.66 bits per heavy atom. The van der Waals surface area contributed by atoms with E-state index >= 15 is 0 Å². The van der Waals surface area contributed by atoms with E-state index in [9.17, 15) is 20.4 Å². The van der Waals surface area contributed by atoms with Gasteiger partial charge in [0.1, 0.15) is 30.6 Å². The molecule has 0 saturated heterocycles. The zero-order valence-electron chi connectivity index (χ0n) is 15.5. The smallest absolute Gasteiger partial charge is 0.171 e. The first-order valence-electron chi connectivity index (χ1n) is 9.35. The number of rotatable bonds is 6. The lowest BCUT2D eigenvalue weighted by Gasteiger charge is -2.42. The summed E-state index contributed by atoms with van der Waals surface area (Å²) < 4.78 is 0. The van der Waals surface area contributed by atoms with Crippen LogP contribution in [0, 0.1) is 0 Å². The van der Waals surface area contributed by atoms with Gasteiger partial charge in [0.2, 0.25) is 0 Å². The van der Waals surface area contributed by atoms with Gasteiger partial charge in [-0.1, -0.05) is 72.4 Å². The number of thioether (sulfide) groups is 1. The highest BCUT2D eigenvalue weighted by molar-refractivity contribution is 8.16. The summed E-state index contributed by atoms with van der Waals surface area (Å²) in [6.07, 6.45) is -5.54. The van der Waals surface area contributed by atoms with E-state index in [-0.39, 0.29) is 0 Å². The van der Waals surface area contributed by atoms with Crippen molar-refractivity contribution in [3.63, 3.8) is 0 Å². The molecule has 0 spiro atoms. The predicted molar refractivity (Wildman–Crippen MR) is 112 cm³/mol. The van der Waals surface area contributed by atoms with Gasteiger partial charge in [0.15, 0.2) is 5.17 Å². The van der Waals surface area contributed by atoms with E-state index in [4.69, 9.17) is 4.99 Å². The van der Waals surface area contributed by atoms with Crippen LogP contribution in [0.4, 0.5) is 0 Å². The first-order chi connectivity index (χ1) is 14.1. The lowest BCUT2D eigenvalue weighted by Crippen LogP contribution is -2.61. The standard InChI is InChI=1S/C21H23N3O4S/c25-11-16(26)17(27)18(28)20-22-19(14-9-5-2-6-10-14)23-21-24(20)15(12-29-21)13-7-3-1-4-8-13/h1-10,12,16-20,22,25-28H,11H2/t16-,17-,18+,19-,20+/m1/s1. The number of fused-ring (bicyclic) bond motifs is 1. The van der Waals surface area contributed by atoms with E-state index in [2.05, 4.69) is 5.32 Å². The van der Waals surface area contributed by atoms with Crippen LogP contribution in [0.2, 0.25) is 0 Å². The summed E-state index contributed by atoms with van der Waals surface area (Å²) in [5.74, 6) is 0. The molecule has 0 fully saturated rings. The second kappa shape index (κ2) is 8.66. The molecule has 8 heteroatoms. The van der Waals surface area contributed by atoms with Gasteiger partial charge in [-0.15, -0.1) is 0 Å². The number of nitrogens with one attached hydrogen (secondary N) is 1. The highest BCUT2D eigenvalue weighted by Gasteiger charge is 2.43. The minimum Gasteiger partial charge on any atom is -0.394 e. The van der Waals surface area contributed by atoms with Crippen LogP contribution in [-0.2, 0) is 0 Å². The minimum atomic E-state index is -1.53. The van der Waals surface area contributed by atoms with Crippen molar-refractivity contribution in [2.75, 3.05) is 6.61 Å². The molecule has 2 aromatic carbocycles. The Kier molecular flexibility index (Phi) is 6.00. The molecule has 7 nitrogen and oxygen atoms in total. The lowest BCUT2D eigenvalue weighted by molar-refractivity contribution is -0.0988. The Hall–Kier alpha value is -2.20. The van der Waals surface area contributed by atoms with Crippen molar-refractivity contribution in [1.29, 1.82) is 0 Å². The quantitative estimate of drug-likeness (QED) is 0.482. The van der Waals surface area contributed by atoms with Crippen molar-refractivity contribution >= 4 is 22.6 Å². The molecule has 0 aromatic heterocycles. The normalized spacial score (nSPS) is 24.3. The second-order valence-corrected chi connectivity index (χ2v) is 7.76. The van der Waals surface area contributed by atoms with Crippen LogP contribution in [0.1, 0.15) is 17.3 Å². The van der Waals surface area contributed by atoms with Gasteiger partial charge < -0.3 is 25.3 Å². The van der Waals surface area contributed by atoms with Crippen LogP contribution >= 0.6 is 11.8 Å². The van der Waals surface area contributed by atoms with Gasteiger partial charge in [-0.2, -0.15) is 0 Å². The molecule has 2 aliphatic heterocycles. The minimum absolute atomic E-state index is 0.420. The summed E-state index contributed by atoms with van der Waals surface area (Å²) >= 11 is 1.44. The average molecular weight is 413 g/mol. The van der Waals surface area contributed by atoms with E-state index in [0.717, 1.165) is 16.8 Å². The zero-order chi connectivity index (χ0) is 20.4. The summed E-state index contributed by atoms with van der Waals surface area (Å²) in [5.41, 5.74) is 2.70. The highest BCUT2D eigenvalue weighted by Crippen LogP contribution is 2.39. The molecular formula is C21H23N3O4S. The molecule has 0 bridgehead atoms. The Labute approximate surface area is 173 Å². The third kappa shape index (κ3) is 3.95. The zero-order valence-corrected chi connectivity index (χ0v) is 16.4. The predicted octanol–water partition coefficient (Wildman–Crippen LogP) is 1.09. The number of hydrogen-bond donors (Lipinski definition) is 5. The molecule has 29 heavy (non-hydrogen) atoms. The molecule has 152 valence electrons. The number of aliphatic imine (C=N–C) groups is 1. The summed E-state index contributed by atoms with van der Waals surface area (Å²) in [6, 6.07) is 19.3. The first kappa shape index (κ1) is 20.1. The van der Waals surface area contributed by atoms with E-state index in [0.29, 0.717) is 5.17 Å². The fourth-order valence-corrected chi connectivity index (χ4v) is 4.42. The van der Waals surface area contributed by atoms with Crippen molar-refractivity contribution in [1.82, 2.24) is 10.2 Å². The second-order valence-electron chi connectivity index (χ2n) is 6.92. The maximum absolute atomic E-state index is 10.9. The van der Waals surface area contributed by atoms with E-state index < -0.39 is 37.3 Å². The summed E-state index contributed by atoms with van der Waals surface area (Å²) in [5, 5.41) is 46.3. The van der Waals surface area contributed by atoms with Crippen molar-refractivity contribution < 1.29 is 20.4 Å². The van der Waals surface area contributed by atoms with Crippen molar-refractivity contribution in [3.05, 3.63) is 77.2 Å². The van der Waals surface area contributed by atoms with Crippen molar-refractivity contribution in [2.24, 2.45) is 4.99 Å². The lowest BCUT2D eigenvalue weighted by atomic mass is 10.0. The molecule has 2 aromatic rings. The number of aliphatic hydroxyl groups excluding tert-OH is 4. The number of nitrogens with zero attached hydrogens (tertiary/aromatic N) is 2. The van der Waals surface area contributed by atoms with Crippen molar-refractivity contribution in [3.8, 4) is 0 Å². The van der Waals surface area contributed by atoms with Gasteiger partial charge in [0.25, 0.3) is 0 Å². The third-order valence-corrected chi connectivity index (χ3v) is 5.88. The average Bonchev–Trinajstić information content (AvgIpc) is 3.22. The molecule has 0 unspecified atom stereocenters. The molecule has 0 saturated carbocycles. The molecule has 5 N–H and O–H groups in total. The summed E-state index contributed by atoms with van der Waals surface area (Å²) in [4.78, 5) is 6.62. The fraction of sp³-hybridized carbons (Fsp3) is 0.286. The largest absolute Gasteiger partial charge is 0.394 e. The van der Waals surface area contributed by atoms with Crippen LogP contribution in [0.3, 0.4) is 0 Å². The number of benzene rings is 2. The molecule has 0 amide bonds. The van der Waals surface area contributed by atoms with Crippen molar-refractivity contribution in [2.45, 2.75) is 30.6 Å². The monoisotopic (exact) mass is 413 g/mol. The molecule has 0 aliphatic carbocycles. The van der Waals surface area contributed by atoms with Crippen LogP contribution in [0.5, 0.6) is 0 Å². The molecule has 2 aliphatic rings. The molecule has 4 rings (SSSR count). The van der Waals surface area contributed by atoms with E-state index in [1.807, 2.05) is 71.0 Å². The Balaban J connectivity index is 1.71. The Morgan fingerprint density at radius 3 is 2.31 bits per heavy atom. The maximum atomic E-state index is 10.9. The van der Waals surface area contributed by atoms with Gasteiger partial charge in [0, 0.05) is 5.41 Å². The fourth-order valence-electron chi connectivity index (χ4n) is 3.47. The van der Waals surface area contributed by atoms with Crippen LogP contribution in [0.25, 0.3) is 5.70 Å². The summed E-state index contributed by atoms with van der Waals surface area (Å²) in [6.45, 7) is -0.649. The number of hydrogen-bond acceptors (Lipinski definition) is 8. The molecule has 0 radical (unpaired) electrons. The first-order valence-corrected chi connectivity index (χ1v) is 10.2.